The molecule has 0 unspecified atom stereocenters. The fourth-order valence-electron chi connectivity index (χ4n) is 2.10. The number of hydrogen-bond donors (Lipinski definition) is 1. The van der Waals surface area contributed by atoms with Crippen LogP contribution in [0.1, 0.15) is 19.2 Å². The molecule has 5 heteroatoms. The Bertz CT molecular complexity index is 702. The molecule has 0 atom stereocenters. The van der Waals surface area contributed by atoms with Crippen LogP contribution in [0.2, 0.25) is 0 Å². The Morgan fingerprint density at radius 1 is 1.15 bits per heavy atom. The maximum absolute atomic E-state index is 5.71. The Morgan fingerprint density at radius 3 is 3.00 bits per heavy atom. The number of hydrogen-bond acceptors (Lipinski definition) is 5. The zero-order chi connectivity index (χ0) is 13.8. The van der Waals surface area contributed by atoms with Gasteiger partial charge in [0, 0.05) is 17.1 Å². The molecule has 0 saturated heterocycles. The lowest BCUT2D eigenvalue weighted by atomic mass is 10.1. The molecule has 3 aromatic rings. The average Bonchev–Trinajstić information content (AvgIpc) is 2.96. The van der Waals surface area contributed by atoms with Crippen molar-refractivity contribution in [2.75, 3.05) is 6.54 Å². The van der Waals surface area contributed by atoms with Gasteiger partial charge in [-0.25, -0.2) is 0 Å². The van der Waals surface area contributed by atoms with Gasteiger partial charge in [0.25, 0.3) is 0 Å². The molecule has 0 amide bonds. The molecule has 1 aromatic carbocycles. The van der Waals surface area contributed by atoms with Gasteiger partial charge in [-0.3, -0.25) is 4.98 Å². The van der Waals surface area contributed by atoms with E-state index in [-0.39, 0.29) is 0 Å². The van der Waals surface area contributed by atoms with Gasteiger partial charge in [0.2, 0.25) is 11.8 Å². The fraction of sp³-hybridized carbons (Fsp3) is 0.267. The molecule has 0 aliphatic heterocycles. The van der Waals surface area contributed by atoms with Gasteiger partial charge in [-0.2, -0.15) is 0 Å². The lowest BCUT2D eigenvalue weighted by Crippen LogP contribution is -2.13. The first-order chi connectivity index (χ1) is 9.88. The molecular formula is C15H16N4O. The van der Waals surface area contributed by atoms with Crippen molar-refractivity contribution in [3.63, 3.8) is 0 Å². The summed E-state index contributed by atoms with van der Waals surface area (Å²) in [5, 5.41) is 12.5. The van der Waals surface area contributed by atoms with Crippen LogP contribution in [0.15, 0.2) is 40.9 Å². The second-order valence-corrected chi connectivity index (χ2v) is 4.55. The highest BCUT2D eigenvalue weighted by Gasteiger charge is 2.11. The van der Waals surface area contributed by atoms with Crippen molar-refractivity contribution in [3.05, 3.63) is 42.4 Å². The number of nitrogens with one attached hydrogen (secondary N) is 1. The minimum absolute atomic E-state index is 0.539. The SMILES string of the molecule is CCCNCc1nnc(-c2cccc3ncccc23)o1. The standard InChI is InChI=1S/C15H16N4O/c1-2-8-16-10-14-18-19-15(20-14)12-5-3-7-13-11(12)6-4-9-17-13/h3-7,9,16H,2,8,10H2,1H3. The molecule has 2 heterocycles. The number of rotatable bonds is 5. The first-order valence-electron chi connectivity index (χ1n) is 6.75. The van der Waals surface area contributed by atoms with E-state index in [0.29, 0.717) is 18.3 Å². The third kappa shape index (κ3) is 2.53. The van der Waals surface area contributed by atoms with E-state index in [9.17, 15) is 0 Å². The van der Waals surface area contributed by atoms with Crippen LogP contribution in [-0.4, -0.2) is 21.7 Å². The van der Waals surface area contributed by atoms with Crippen LogP contribution in [0.4, 0.5) is 0 Å². The van der Waals surface area contributed by atoms with Crippen molar-refractivity contribution in [3.8, 4) is 11.5 Å². The van der Waals surface area contributed by atoms with Crippen LogP contribution < -0.4 is 5.32 Å². The molecule has 0 radical (unpaired) electrons. The van der Waals surface area contributed by atoms with Crippen LogP contribution in [0.3, 0.4) is 0 Å². The Balaban J connectivity index is 1.91. The summed E-state index contributed by atoms with van der Waals surface area (Å²) in [7, 11) is 0. The highest BCUT2D eigenvalue weighted by molar-refractivity contribution is 5.92. The molecule has 2 aromatic heterocycles. The van der Waals surface area contributed by atoms with Gasteiger partial charge in [0.15, 0.2) is 0 Å². The van der Waals surface area contributed by atoms with Crippen molar-refractivity contribution in [2.45, 2.75) is 19.9 Å². The Labute approximate surface area is 117 Å². The zero-order valence-corrected chi connectivity index (χ0v) is 11.3. The number of aromatic nitrogens is 3. The van der Waals surface area contributed by atoms with Gasteiger partial charge < -0.3 is 9.73 Å². The lowest BCUT2D eigenvalue weighted by molar-refractivity contribution is 0.478. The Kier molecular flexibility index (Phi) is 3.69. The first kappa shape index (κ1) is 12.7. The summed E-state index contributed by atoms with van der Waals surface area (Å²) in [5.74, 6) is 1.14. The summed E-state index contributed by atoms with van der Waals surface area (Å²) in [6.07, 6.45) is 2.86. The van der Waals surface area contributed by atoms with Crippen LogP contribution in [0.25, 0.3) is 22.4 Å². The molecule has 0 bridgehead atoms. The van der Waals surface area contributed by atoms with Crippen LogP contribution in [0.5, 0.6) is 0 Å². The summed E-state index contributed by atoms with van der Waals surface area (Å²) in [5.41, 5.74) is 1.85. The molecule has 0 saturated carbocycles. The summed E-state index contributed by atoms with van der Waals surface area (Å²) in [6.45, 7) is 3.66. The normalized spacial score (nSPS) is 11.1. The van der Waals surface area contributed by atoms with Crippen LogP contribution in [-0.2, 0) is 6.54 Å². The molecule has 0 spiro atoms. The summed E-state index contributed by atoms with van der Waals surface area (Å²) in [4.78, 5) is 4.33. The molecule has 3 rings (SSSR count). The molecule has 102 valence electrons. The number of fused-ring (bicyclic) bond motifs is 1. The largest absolute Gasteiger partial charge is 0.419 e. The van der Waals surface area contributed by atoms with Crippen molar-refractivity contribution >= 4 is 10.9 Å². The summed E-state index contributed by atoms with van der Waals surface area (Å²) in [6, 6.07) is 9.81. The third-order valence-electron chi connectivity index (χ3n) is 3.05. The second-order valence-electron chi connectivity index (χ2n) is 4.55. The van der Waals surface area contributed by atoms with E-state index >= 15 is 0 Å². The van der Waals surface area contributed by atoms with Gasteiger partial charge in [-0.15, -0.1) is 10.2 Å². The fourth-order valence-corrected chi connectivity index (χ4v) is 2.10. The van der Waals surface area contributed by atoms with Crippen molar-refractivity contribution in [1.82, 2.24) is 20.5 Å². The highest BCUT2D eigenvalue weighted by Crippen LogP contribution is 2.26. The van der Waals surface area contributed by atoms with E-state index in [1.165, 1.54) is 0 Å². The topological polar surface area (TPSA) is 63.8 Å². The molecule has 1 N–H and O–H groups in total. The maximum atomic E-state index is 5.71. The predicted octanol–water partition coefficient (Wildman–Crippen LogP) is 2.78. The third-order valence-corrected chi connectivity index (χ3v) is 3.05. The number of benzene rings is 1. The Morgan fingerprint density at radius 2 is 2.10 bits per heavy atom. The van der Waals surface area contributed by atoms with E-state index in [1.807, 2.05) is 30.3 Å². The van der Waals surface area contributed by atoms with Crippen molar-refractivity contribution in [1.29, 1.82) is 0 Å². The van der Waals surface area contributed by atoms with E-state index in [4.69, 9.17) is 4.42 Å². The van der Waals surface area contributed by atoms with Gasteiger partial charge >= 0.3 is 0 Å². The van der Waals surface area contributed by atoms with Gasteiger partial charge in [0.1, 0.15) is 0 Å². The van der Waals surface area contributed by atoms with Gasteiger partial charge in [-0.05, 0) is 31.2 Å². The lowest BCUT2D eigenvalue weighted by Gasteiger charge is -2.01. The first-order valence-corrected chi connectivity index (χ1v) is 6.75. The molecular weight excluding hydrogens is 252 g/mol. The van der Waals surface area contributed by atoms with Crippen molar-refractivity contribution in [2.24, 2.45) is 0 Å². The van der Waals surface area contributed by atoms with Gasteiger partial charge in [-0.1, -0.05) is 19.1 Å². The quantitative estimate of drug-likeness (QED) is 0.721. The van der Waals surface area contributed by atoms with Gasteiger partial charge in [0.05, 0.1) is 12.1 Å². The highest BCUT2D eigenvalue weighted by atomic mass is 16.4. The monoisotopic (exact) mass is 268 g/mol. The van der Waals surface area contributed by atoms with E-state index in [1.54, 1.807) is 6.20 Å². The average molecular weight is 268 g/mol. The maximum Gasteiger partial charge on any atom is 0.248 e. The minimum Gasteiger partial charge on any atom is -0.419 e. The molecule has 0 fully saturated rings. The van der Waals surface area contributed by atoms with E-state index < -0.39 is 0 Å². The Hall–Kier alpha value is -2.27. The second kappa shape index (κ2) is 5.79. The number of nitrogens with zero attached hydrogens (tertiary/aromatic N) is 3. The number of pyridine rings is 1. The predicted molar refractivity (Wildman–Crippen MR) is 77.0 cm³/mol. The van der Waals surface area contributed by atoms with Crippen LogP contribution >= 0.6 is 0 Å². The molecule has 0 aliphatic rings. The smallest absolute Gasteiger partial charge is 0.248 e. The molecule has 5 nitrogen and oxygen atoms in total. The molecule has 0 aliphatic carbocycles. The summed E-state index contributed by atoms with van der Waals surface area (Å²) < 4.78 is 5.71. The summed E-state index contributed by atoms with van der Waals surface area (Å²) >= 11 is 0. The zero-order valence-electron chi connectivity index (χ0n) is 11.3. The molecule has 20 heavy (non-hydrogen) atoms. The minimum atomic E-state index is 0.539. The van der Waals surface area contributed by atoms with E-state index in [2.05, 4.69) is 27.4 Å². The van der Waals surface area contributed by atoms with Crippen molar-refractivity contribution < 1.29 is 4.42 Å². The van der Waals surface area contributed by atoms with E-state index in [0.717, 1.165) is 29.4 Å². The van der Waals surface area contributed by atoms with Crippen LogP contribution in [0, 0.1) is 0 Å².